The number of nitrogens with one attached hydrogen (secondary N) is 1. The van der Waals surface area contributed by atoms with Gasteiger partial charge in [-0.15, -0.1) is 0 Å². The van der Waals surface area contributed by atoms with Gasteiger partial charge in [0.2, 0.25) is 0 Å². The first-order chi connectivity index (χ1) is 11.6. The van der Waals surface area contributed by atoms with Crippen LogP contribution in [0.15, 0.2) is 18.2 Å². The largest absolute Gasteiger partial charge is 0.497 e. The molecule has 5 atom stereocenters. The van der Waals surface area contributed by atoms with Gasteiger partial charge in [-0.05, 0) is 54.9 Å². The van der Waals surface area contributed by atoms with E-state index in [1.165, 1.54) is 17.4 Å². The van der Waals surface area contributed by atoms with E-state index in [0.29, 0.717) is 11.8 Å². The van der Waals surface area contributed by atoms with Gasteiger partial charge in [0.05, 0.1) is 12.8 Å². The molecule has 0 spiro atoms. The minimum Gasteiger partial charge on any atom is -0.497 e. The number of ether oxygens (including phenoxy) is 1. The number of aromatic nitrogens is 1. The maximum Gasteiger partial charge on any atom is 0.121 e. The molecule has 3 fully saturated rings. The quantitative estimate of drug-likeness (QED) is 0.892. The number of piperidine rings is 2. The molecule has 1 unspecified atom stereocenters. The summed E-state index contributed by atoms with van der Waals surface area (Å²) in [5.74, 6) is 2.11. The van der Waals surface area contributed by atoms with E-state index in [9.17, 15) is 5.11 Å². The first kappa shape index (κ1) is 14.8. The summed E-state index contributed by atoms with van der Waals surface area (Å²) >= 11 is 0. The SMILES string of the molecule is CC[C@H]1C[C@H]2CN3CCc4c([nH]c5ccc(OC)cc45)[C@](O)(C2)[C@H]13. The minimum atomic E-state index is -0.722. The molecule has 4 nitrogen and oxygen atoms in total. The standard InChI is InChI=1S/C20H26N2O2/c1-3-13-8-12-10-20(23)18-15(6-7-22(11-12)19(13)20)16-9-14(24-2)4-5-17(16)21-18/h4-5,9,12-13,19,21,23H,3,6-8,10-11H2,1-2H3/t12-,13+,19+,20-/m1/s1. The summed E-state index contributed by atoms with van der Waals surface area (Å²) in [6.45, 7) is 4.49. The highest BCUT2D eigenvalue weighted by atomic mass is 16.5. The first-order valence-corrected chi connectivity index (χ1v) is 9.29. The minimum absolute atomic E-state index is 0.267. The zero-order valence-electron chi connectivity index (χ0n) is 14.5. The van der Waals surface area contributed by atoms with Gasteiger partial charge in [-0.3, -0.25) is 4.90 Å². The van der Waals surface area contributed by atoms with Crippen molar-refractivity contribution in [2.24, 2.45) is 11.8 Å². The van der Waals surface area contributed by atoms with E-state index < -0.39 is 5.60 Å². The lowest BCUT2D eigenvalue weighted by molar-refractivity contribution is -0.161. The van der Waals surface area contributed by atoms with Crippen LogP contribution in [-0.2, 0) is 12.0 Å². The highest BCUT2D eigenvalue weighted by Gasteiger charge is 2.57. The van der Waals surface area contributed by atoms with Crippen molar-refractivity contribution in [1.29, 1.82) is 0 Å². The van der Waals surface area contributed by atoms with Crippen LogP contribution in [0.25, 0.3) is 10.9 Å². The molecule has 1 aromatic heterocycles. The zero-order valence-corrected chi connectivity index (χ0v) is 14.5. The first-order valence-electron chi connectivity index (χ1n) is 9.29. The average molecular weight is 326 g/mol. The zero-order chi connectivity index (χ0) is 16.5. The lowest BCUT2D eigenvalue weighted by atomic mass is 9.62. The number of nitrogens with zero attached hydrogens (tertiary/aromatic N) is 1. The number of hydrogen-bond donors (Lipinski definition) is 2. The molecule has 1 aromatic carbocycles. The molecule has 4 heteroatoms. The van der Waals surface area contributed by atoms with Crippen LogP contribution >= 0.6 is 0 Å². The normalized spacial score (nSPS) is 37.3. The lowest BCUT2D eigenvalue weighted by Crippen LogP contribution is -2.64. The summed E-state index contributed by atoms with van der Waals surface area (Å²) in [5, 5.41) is 13.1. The van der Waals surface area contributed by atoms with Crippen molar-refractivity contribution in [3.05, 3.63) is 29.5 Å². The van der Waals surface area contributed by atoms with Gasteiger partial charge >= 0.3 is 0 Å². The fourth-order valence-electron chi connectivity index (χ4n) is 5.88. The Morgan fingerprint density at radius 3 is 3.08 bits per heavy atom. The smallest absolute Gasteiger partial charge is 0.121 e. The van der Waals surface area contributed by atoms with Crippen molar-refractivity contribution in [2.45, 2.75) is 44.2 Å². The highest BCUT2D eigenvalue weighted by Crippen LogP contribution is 2.53. The van der Waals surface area contributed by atoms with Crippen LogP contribution in [0.4, 0.5) is 0 Å². The molecule has 1 aliphatic carbocycles. The highest BCUT2D eigenvalue weighted by molar-refractivity contribution is 5.86. The van der Waals surface area contributed by atoms with Crippen molar-refractivity contribution >= 4 is 10.9 Å². The Morgan fingerprint density at radius 2 is 2.29 bits per heavy atom. The van der Waals surface area contributed by atoms with Crippen LogP contribution in [0.3, 0.4) is 0 Å². The molecule has 24 heavy (non-hydrogen) atoms. The number of rotatable bonds is 2. The molecular weight excluding hydrogens is 300 g/mol. The van der Waals surface area contributed by atoms with Crippen LogP contribution in [0, 0.1) is 11.8 Å². The Kier molecular flexibility index (Phi) is 3.08. The maximum atomic E-state index is 11.8. The van der Waals surface area contributed by atoms with Crippen LogP contribution in [0.1, 0.15) is 37.4 Å². The summed E-state index contributed by atoms with van der Waals surface area (Å²) in [5.41, 5.74) is 2.79. The number of benzene rings is 1. The van der Waals surface area contributed by atoms with E-state index in [1.807, 2.05) is 6.07 Å². The molecule has 4 heterocycles. The second-order valence-electron chi connectivity index (χ2n) is 7.98. The number of hydrogen-bond acceptors (Lipinski definition) is 3. The molecule has 1 saturated carbocycles. The summed E-state index contributed by atoms with van der Waals surface area (Å²) in [6.07, 6.45) is 4.35. The van der Waals surface area contributed by atoms with Crippen LogP contribution in [0.2, 0.25) is 0 Å². The number of methoxy groups -OCH3 is 1. The molecule has 128 valence electrons. The van der Waals surface area contributed by atoms with E-state index in [1.54, 1.807) is 7.11 Å². The fourth-order valence-corrected chi connectivity index (χ4v) is 5.88. The second kappa shape index (κ2) is 4.99. The Morgan fingerprint density at radius 1 is 1.42 bits per heavy atom. The number of aliphatic hydroxyl groups is 1. The van der Waals surface area contributed by atoms with E-state index in [-0.39, 0.29) is 6.04 Å². The average Bonchev–Trinajstić information content (AvgIpc) is 2.94. The molecule has 2 N–H and O–H groups in total. The molecule has 3 aliphatic heterocycles. The summed E-state index contributed by atoms with van der Waals surface area (Å²) < 4.78 is 5.42. The molecule has 6 rings (SSSR count). The van der Waals surface area contributed by atoms with Crippen LogP contribution in [-0.4, -0.2) is 41.2 Å². The van der Waals surface area contributed by atoms with Gasteiger partial charge in [-0.25, -0.2) is 0 Å². The predicted octanol–water partition coefficient (Wildman–Crippen LogP) is 3.04. The Balaban J connectivity index is 1.72. The molecule has 4 aliphatic rings. The number of aromatic amines is 1. The Bertz CT molecular complexity index is 798. The van der Waals surface area contributed by atoms with E-state index in [0.717, 1.165) is 49.3 Å². The van der Waals surface area contributed by atoms with Crippen molar-refractivity contribution < 1.29 is 9.84 Å². The van der Waals surface area contributed by atoms with Crippen molar-refractivity contribution in [1.82, 2.24) is 9.88 Å². The van der Waals surface area contributed by atoms with Gasteiger partial charge in [0.15, 0.2) is 0 Å². The lowest BCUT2D eigenvalue weighted by Gasteiger charge is -2.57. The molecule has 2 aromatic rings. The summed E-state index contributed by atoms with van der Waals surface area (Å²) in [4.78, 5) is 6.18. The van der Waals surface area contributed by atoms with Gasteiger partial charge in [0, 0.05) is 30.0 Å². The third-order valence-electron chi connectivity index (χ3n) is 6.78. The van der Waals surface area contributed by atoms with Gasteiger partial charge in [-0.1, -0.05) is 13.3 Å². The third kappa shape index (κ3) is 1.81. The summed E-state index contributed by atoms with van der Waals surface area (Å²) in [7, 11) is 1.71. The van der Waals surface area contributed by atoms with Crippen molar-refractivity contribution in [2.75, 3.05) is 20.2 Å². The monoisotopic (exact) mass is 326 g/mol. The summed E-state index contributed by atoms with van der Waals surface area (Å²) in [6, 6.07) is 6.47. The molecular formula is C20H26N2O2. The molecule has 4 bridgehead atoms. The number of H-pyrrole nitrogens is 1. The van der Waals surface area contributed by atoms with Gasteiger partial charge in [0.25, 0.3) is 0 Å². The molecule has 0 radical (unpaired) electrons. The fraction of sp³-hybridized carbons (Fsp3) is 0.600. The number of fused-ring (bicyclic) bond motifs is 4. The van der Waals surface area contributed by atoms with Gasteiger partial charge in [0.1, 0.15) is 11.4 Å². The van der Waals surface area contributed by atoms with E-state index in [2.05, 4.69) is 28.9 Å². The van der Waals surface area contributed by atoms with E-state index >= 15 is 0 Å². The van der Waals surface area contributed by atoms with Crippen LogP contribution < -0.4 is 4.74 Å². The maximum absolute atomic E-state index is 11.8. The van der Waals surface area contributed by atoms with E-state index in [4.69, 9.17) is 4.74 Å². The van der Waals surface area contributed by atoms with Crippen molar-refractivity contribution in [3.8, 4) is 5.75 Å². The van der Waals surface area contributed by atoms with Gasteiger partial charge in [-0.2, -0.15) is 0 Å². The second-order valence-corrected chi connectivity index (χ2v) is 7.98. The predicted molar refractivity (Wildman–Crippen MR) is 94.3 cm³/mol. The van der Waals surface area contributed by atoms with Crippen LogP contribution in [0.5, 0.6) is 5.75 Å². The topological polar surface area (TPSA) is 48.5 Å². The third-order valence-corrected chi connectivity index (χ3v) is 6.78. The Hall–Kier alpha value is -1.52. The Labute approximate surface area is 142 Å². The molecule has 0 amide bonds. The molecule has 2 saturated heterocycles. The van der Waals surface area contributed by atoms with Crippen molar-refractivity contribution in [3.63, 3.8) is 0 Å². The van der Waals surface area contributed by atoms with Gasteiger partial charge < -0.3 is 14.8 Å².